The van der Waals surface area contributed by atoms with Gasteiger partial charge in [-0.05, 0) is 45.0 Å². The van der Waals surface area contributed by atoms with Crippen LogP contribution in [0.25, 0.3) is 21.5 Å². The third-order valence-corrected chi connectivity index (χ3v) is 5.88. The van der Waals surface area contributed by atoms with Crippen LogP contribution < -0.4 is 10.9 Å². The number of anilines is 1. The van der Waals surface area contributed by atoms with Gasteiger partial charge in [-0.2, -0.15) is 5.10 Å². The third-order valence-electron chi connectivity index (χ3n) is 4.91. The number of aromatic nitrogens is 3. The van der Waals surface area contributed by atoms with Crippen molar-refractivity contribution in [2.24, 2.45) is 0 Å². The molecule has 0 aliphatic heterocycles. The maximum Gasteiger partial charge on any atom is 0.338 e. The van der Waals surface area contributed by atoms with Crippen LogP contribution in [0.15, 0.2) is 53.3 Å². The Morgan fingerprint density at radius 3 is 2.42 bits per heavy atom. The normalized spacial score (nSPS) is 10.9. The van der Waals surface area contributed by atoms with Crippen molar-refractivity contribution in [1.82, 2.24) is 14.8 Å². The molecule has 0 aliphatic rings. The van der Waals surface area contributed by atoms with E-state index in [1.807, 2.05) is 38.1 Å². The smallest absolute Gasteiger partial charge is 0.338 e. The van der Waals surface area contributed by atoms with Gasteiger partial charge in [0.15, 0.2) is 5.52 Å². The number of esters is 1. The number of carbonyl (C=O) groups excluding carboxylic acids is 2. The topological polar surface area (TPSA) is 103 Å². The van der Waals surface area contributed by atoms with Gasteiger partial charge >= 0.3 is 5.97 Å². The lowest BCUT2D eigenvalue weighted by Gasteiger charge is -2.10. The second-order valence-corrected chi connectivity index (χ2v) is 8.64. The fraction of sp³-hybridized carbons (Fsp3) is 0.208. The zero-order chi connectivity index (χ0) is 23.5. The van der Waals surface area contributed by atoms with Gasteiger partial charge in [0, 0.05) is 11.3 Å². The third kappa shape index (κ3) is 4.83. The average Bonchev–Trinajstić information content (AvgIpc) is 3.19. The first-order chi connectivity index (χ1) is 15.9. The van der Waals surface area contributed by atoms with Crippen molar-refractivity contribution < 1.29 is 14.3 Å². The maximum atomic E-state index is 13.0. The highest BCUT2D eigenvalue weighted by Crippen LogP contribution is 2.29. The number of thiazole rings is 1. The van der Waals surface area contributed by atoms with E-state index in [9.17, 15) is 14.4 Å². The number of fused-ring (bicyclic) bond motifs is 1. The van der Waals surface area contributed by atoms with Crippen LogP contribution in [0.4, 0.5) is 5.69 Å². The summed E-state index contributed by atoms with van der Waals surface area (Å²) in [4.78, 5) is 41.8. The van der Waals surface area contributed by atoms with E-state index in [-0.39, 0.29) is 13.2 Å². The number of aryl methyl sites for hydroxylation is 2. The first-order valence-corrected chi connectivity index (χ1v) is 11.2. The van der Waals surface area contributed by atoms with Crippen LogP contribution in [0, 0.1) is 13.8 Å². The van der Waals surface area contributed by atoms with Crippen LogP contribution in [-0.2, 0) is 16.1 Å². The Labute approximate surface area is 193 Å². The summed E-state index contributed by atoms with van der Waals surface area (Å²) in [6, 6.07) is 14.2. The molecule has 0 atom stereocenters. The van der Waals surface area contributed by atoms with Crippen LogP contribution in [0.1, 0.15) is 27.9 Å². The van der Waals surface area contributed by atoms with Gasteiger partial charge in [0.05, 0.1) is 21.9 Å². The second-order valence-electron chi connectivity index (χ2n) is 7.43. The molecule has 1 amide bonds. The molecule has 9 heteroatoms. The number of nitrogens with zero attached hydrogens (tertiary/aromatic N) is 3. The highest BCUT2D eigenvalue weighted by atomic mass is 32.1. The van der Waals surface area contributed by atoms with E-state index >= 15 is 0 Å². The molecule has 168 valence electrons. The Morgan fingerprint density at radius 1 is 1.06 bits per heavy atom. The van der Waals surface area contributed by atoms with Crippen molar-refractivity contribution in [2.45, 2.75) is 27.3 Å². The van der Waals surface area contributed by atoms with E-state index < -0.39 is 17.4 Å². The molecule has 4 aromatic rings. The highest BCUT2D eigenvalue weighted by Gasteiger charge is 2.18. The van der Waals surface area contributed by atoms with E-state index in [2.05, 4.69) is 15.4 Å². The summed E-state index contributed by atoms with van der Waals surface area (Å²) in [5.41, 5.74) is 3.33. The zero-order valence-electron chi connectivity index (χ0n) is 18.4. The molecule has 0 spiro atoms. The molecule has 0 radical (unpaired) electrons. The van der Waals surface area contributed by atoms with Gasteiger partial charge in [-0.3, -0.25) is 9.59 Å². The number of hydrogen-bond acceptors (Lipinski definition) is 7. The summed E-state index contributed by atoms with van der Waals surface area (Å²) in [5, 5.41) is 7.98. The summed E-state index contributed by atoms with van der Waals surface area (Å²) in [5.74, 6) is -0.851. The molecule has 2 aromatic carbocycles. The Balaban J connectivity index is 1.61. The van der Waals surface area contributed by atoms with Gasteiger partial charge in [0.1, 0.15) is 12.2 Å². The molecule has 0 unspecified atom stereocenters. The minimum absolute atomic E-state index is 0.274. The van der Waals surface area contributed by atoms with Crippen LogP contribution in [0.2, 0.25) is 0 Å². The number of hydrogen-bond donors (Lipinski definition) is 1. The fourth-order valence-corrected chi connectivity index (χ4v) is 4.23. The second kappa shape index (κ2) is 9.33. The standard InChI is InChI=1S/C24H22N4O4S/c1-4-32-24(31)17-9-11-18(12-10-17)26-19(29)13-28-23(30)21-22(33-15(3)25-21)20(27-28)16-7-5-14(2)6-8-16/h5-12H,4,13H2,1-3H3,(H,26,29). The summed E-state index contributed by atoms with van der Waals surface area (Å²) in [6.07, 6.45) is 0. The van der Waals surface area contributed by atoms with Gasteiger partial charge in [-0.15, -0.1) is 11.3 Å². The molecule has 4 rings (SSSR count). The summed E-state index contributed by atoms with van der Waals surface area (Å²) >= 11 is 1.40. The van der Waals surface area contributed by atoms with Crippen molar-refractivity contribution in [3.63, 3.8) is 0 Å². The molecule has 0 saturated carbocycles. The van der Waals surface area contributed by atoms with Gasteiger partial charge in [-0.25, -0.2) is 14.5 Å². The van der Waals surface area contributed by atoms with E-state index in [4.69, 9.17) is 4.74 Å². The van der Waals surface area contributed by atoms with E-state index in [1.54, 1.807) is 31.2 Å². The van der Waals surface area contributed by atoms with Crippen LogP contribution in [0.3, 0.4) is 0 Å². The van der Waals surface area contributed by atoms with Crippen molar-refractivity contribution in [3.8, 4) is 11.3 Å². The monoisotopic (exact) mass is 462 g/mol. The SMILES string of the molecule is CCOC(=O)c1ccc(NC(=O)Cn2nc(-c3ccc(C)cc3)c3sc(C)nc3c2=O)cc1. The van der Waals surface area contributed by atoms with Gasteiger partial charge in [0.2, 0.25) is 5.91 Å². The number of carbonyl (C=O) groups is 2. The Hall–Kier alpha value is -3.85. The van der Waals surface area contributed by atoms with Gasteiger partial charge in [-0.1, -0.05) is 29.8 Å². The molecule has 2 aromatic heterocycles. The number of ether oxygens (including phenoxy) is 1. The summed E-state index contributed by atoms with van der Waals surface area (Å²) in [7, 11) is 0. The molecule has 0 bridgehead atoms. The van der Waals surface area contributed by atoms with Crippen LogP contribution >= 0.6 is 11.3 Å². The highest BCUT2D eigenvalue weighted by molar-refractivity contribution is 7.19. The van der Waals surface area contributed by atoms with E-state index in [1.165, 1.54) is 11.3 Å². The number of amides is 1. The lowest BCUT2D eigenvalue weighted by molar-refractivity contribution is -0.117. The molecular formula is C24H22N4O4S. The van der Waals surface area contributed by atoms with Crippen molar-refractivity contribution >= 4 is 39.1 Å². The Kier molecular flexibility index (Phi) is 6.32. The predicted octanol–water partition coefficient (Wildman–Crippen LogP) is 3.95. The average molecular weight is 463 g/mol. The van der Waals surface area contributed by atoms with Crippen LogP contribution in [-0.4, -0.2) is 33.2 Å². The summed E-state index contributed by atoms with van der Waals surface area (Å²) < 4.78 is 6.79. The molecular weight excluding hydrogens is 440 g/mol. The maximum absolute atomic E-state index is 13.0. The largest absolute Gasteiger partial charge is 0.462 e. The molecule has 0 saturated heterocycles. The Bertz CT molecular complexity index is 1390. The van der Waals surface area contributed by atoms with Crippen LogP contribution in [0.5, 0.6) is 0 Å². The fourth-order valence-electron chi connectivity index (χ4n) is 3.31. The van der Waals surface area contributed by atoms with E-state index in [0.717, 1.165) is 20.8 Å². The zero-order valence-corrected chi connectivity index (χ0v) is 19.2. The number of rotatable bonds is 6. The minimum atomic E-state index is -0.429. The van der Waals surface area contributed by atoms with Crippen molar-refractivity contribution in [3.05, 3.63) is 75.0 Å². The molecule has 33 heavy (non-hydrogen) atoms. The lowest BCUT2D eigenvalue weighted by Crippen LogP contribution is -2.30. The van der Waals surface area contributed by atoms with E-state index in [0.29, 0.717) is 27.2 Å². The first-order valence-electron chi connectivity index (χ1n) is 10.4. The van der Waals surface area contributed by atoms with Gasteiger partial charge < -0.3 is 10.1 Å². The lowest BCUT2D eigenvalue weighted by atomic mass is 10.1. The number of benzene rings is 2. The molecule has 0 aliphatic carbocycles. The molecule has 0 fully saturated rings. The van der Waals surface area contributed by atoms with Crippen molar-refractivity contribution in [2.75, 3.05) is 11.9 Å². The van der Waals surface area contributed by atoms with Crippen molar-refractivity contribution in [1.29, 1.82) is 0 Å². The predicted molar refractivity (Wildman–Crippen MR) is 128 cm³/mol. The first kappa shape index (κ1) is 22.3. The Morgan fingerprint density at radius 2 is 1.76 bits per heavy atom. The molecule has 1 N–H and O–H groups in total. The molecule has 8 nitrogen and oxygen atoms in total. The number of nitrogens with one attached hydrogen (secondary N) is 1. The summed E-state index contributed by atoms with van der Waals surface area (Å²) in [6.45, 7) is 5.57. The minimum Gasteiger partial charge on any atom is -0.462 e. The quantitative estimate of drug-likeness (QED) is 0.435. The van der Waals surface area contributed by atoms with Gasteiger partial charge in [0.25, 0.3) is 5.56 Å². The molecule has 2 heterocycles.